The van der Waals surface area contributed by atoms with Gasteiger partial charge < -0.3 is 15.1 Å². The summed E-state index contributed by atoms with van der Waals surface area (Å²) in [6.07, 6.45) is 3.63. The van der Waals surface area contributed by atoms with Crippen LogP contribution in [-0.2, 0) is 4.79 Å². The first-order valence-electron chi connectivity index (χ1n) is 9.20. The van der Waals surface area contributed by atoms with Gasteiger partial charge in [-0.2, -0.15) is 0 Å². The van der Waals surface area contributed by atoms with Gasteiger partial charge >= 0.3 is 0 Å². The summed E-state index contributed by atoms with van der Waals surface area (Å²) in [5.41, 5.74) is 0.0421. The van der Waals surface area contributed by atoms with Crippen molar-refractivity contribution in [2.75, 3.05) is 26.2 Å². The van der Waals surface area contributed by atoms with E-state index in [0.717, 1.165) is 38.8 Å². The fourth-order valence-corrected chi connectivity index (χ4v) is 3.96. The molecule has 2 heterocycles. The quantitative estimate of drug-likeness (QED) is 0.875. The van der Waals surface area contributed by atoms with Gasteiger partial charge in [0.2, 0.25) is 5.91 Å². The van der Waals surface area contributed by atoms with E-state index < -0.39 is 5.82 Å². The molecule has 0 bridgehead atoms. The van der Waals surface area contributed by atoms with Crippen molar-refractivity contribution in [3.63, 3.8) is 0 Å². The molecule has 0 aromatic heterocycles. The number of piperidine rings is 2. The number of nitrogens with zero attached hydrogens (tertiary/aromatic N) is 2. The zero-order valence-electron chi connectivity index (χ0n) is 15.0. The van der Waals surface area contributed by atoms with Gasteiger partial charge in [0, 0.05) is 45.2 Å². The molecule has 3 rings (SSSR count). The summed E-state index contributed by atoms with van der Waals surface area (Å²) in [4.78, 5) is 27.5. The van der Waals surface area contributed by atoms with E-state index in [4.69, 9.17) is 11.6 Å². The number of likely N-dealkylation sites (tertiary alicyclic amines) is 2. The van der Waals surface area contributed by atoms with Crippen molar-refractivity contribution < 1.29 is 14.0 Å². The predicted molar refractivity (Wildman–Crippen MR) is 98.7 cm³/mol. The van der Waals surface area contributed by atoms with Crippen LogP contribution in [0.2, 0.25) is 5.02 Å². The highest BCUT2D eigenvalue weighted by Crippen LogP contribution is 2.22. The van der Waals surface area contributed by atoms with Crippen molar-refractivity contribution in [2.45, 2.75) is 44.7 Å². The number of carbonyl (C=O) groups excluding carboxylic acids is 2. The highest BCUT2D eigenvalue weighted by Gasteiger charge is 2.28. The lowest BCUT2D eigenvalue weighted by Crippen LogP contribution is -2.51. The van der Waals surface area contributed by atoms with Gasteiger partial charge in [0.1, 0.15) is 0 Å². The number of halogens is 2. The van der Waals surface area contributed by atoms with Crippen LogP contribution in [-0.4, -0.2) is 59.9 Å². The van der Waals surface area contributed by atoms with Crippen LogP contribution in [0.3, 0.4) is 0 Å². The van der Waals surface area contributed by atoms with Gasteiger partial charge in [0.15, 0.2) is 5.82 Å². The van der Waals surface area contributed by atoms with Gasteiger partial charge in [-0.05, 0) is 37.8 Å². The Morgan fingerprint density at radius 1 is 1.04 bits per heavy atom. The molecule has 0 aliphatic carbocycles. The third kappa shape index (κ3) is 4.35. The molecule has 2 aliphatic rings. The maximum absolute atomic E-state index is 14.1. The maximum atomic E-state index is 14.1. The minimum absolute atomic E-state index is 0.0238. The number of nitrogens with one attached hydrogen (secondary N) is 1. The van der Waals surface area contributed by atoms with E-state index in [2.05, 4.69) is 5.32 Å². The Hall–Kier alpha value is -1.66. The average Bonchev–Trinajstić information content (AvgIpc) is 2.64. The zero-order valence-corrected chi connectivity index (χ0v) is 15.8. The van der Waals surface area contributed by atoms with E-state index in [1.807, 2.05) is 4.90 Å². The lowest BCUT2D eigenvalue weighted by molar-refractivity contribution is -0.129. The molecule has 1 N–H and O–H groups in total. The molecule has 2 fully saturated rings. The van der Waals surface area contributed by atoms with Crippen LogP contribution >= 0.6 is 11.6 Å². The van der Waals surface area contributed by atoms with Gasteiger partial charge in [0.25, 0.3) is 5.91 Å². The van der Waals surface area contributed by atoms with Crippen molar-refractivity contribution >= 4 is 23.4 Å². The van der Waals surface area contributed by atoms with E-state index in [1.165, 1.54) is 12.1 Å². The smallest absolute Gasteiger partial charge is 0.256 e. The molecule has 26 heavy (non-hydrogen) atoms. The second-order valence-electron chi connectivity index (χ2n) is 7.11. The monoisotopic (exact) mass is 381 g/mol. The van der Waals surface area contributed by atoms with Crippen LogP contribution in [0.25, 0.3) is 0 Å². The van der Waals surface area contributed by atoms with Crippen LogP contribution in [0, 0.1) is 5.82 Å². The molecule has 2 amide bonds. The van der Waals surface area contributed by atoms with E-state index in [9.17, 15) is 14.0 Å². The van der Waals surface area contributed by atoms with Gasteiger partial charge in [0.05, 0.1) is 10.6 Å². The van der Waals surface area contributed by atoms with Gasteiger partial charge in [-0.15, -0.1) is 0 Å². The van der Waals surface area contributed by atoms with E-state index >= 15 is 0 Å². The summed E-state index contributed by atoms with van der Waals surface area (Å²) in [6, 6.07) is 5.30. The van der Waals surface area contributed by atoms with Crippen LogP contribution in [0.5, 0.6) is 0 Å². The maximum Gasteiger partial charge on any atom is 0.256 e. The fourth-order valence-electron chi connectivity index (χ4n) is 3.78. The number of carbonyl (C=O) groups is 2. The second kappa shape index (κ2) is 8.35. The standard InChI is InChI=1S/C19H25ClFN3O2/c1-13(25)23-9-5-14(6-10-23)22-15-7-11-24(12-8-15)19(26)16-3-2-4-17(20)18(16)21/h2-4,14-15,22H,5-12H2,1H3. The normalized spacial score (nSPS) is 19.7. The summed E-state index contributed by atoms with van der Waals surface area (Å²) in [5, 5.41) is 3.64. The summed E-state index contributed by atoms with van der Waals surface area (Å²) >= 11 is 5.78. The molecule has 1 aromatic carbocycles. The third-order valence-electron chi connectivity index (χ3n) is 5.38. The van der Waals surface area contributed by atoms with Crippen molar-refractivity contribution in [2.24, 2.45) is 0 Å². The van der Waals surface area contributed by atoms with E-state index in [0.29, 0.717) is 25.2 Å². The highest BCUT2D eigenvalue weighted by atomic mass is 35.5. The highest BCUT2D eigenvalue weighted by molar-refractivity contribution is 6.31. The van der Waals surface area contributed by atoms with Crippen molar-refractivity contribution in [1.29, 1.82) is 0 Å². The molecule has 7 heteroatoms. The Kier molecular flexibility index (Phi) is 6.14. The van der Waals surface area contributed by atoms with Gasteiger partial charge in [-0.1, -0.05) is 17.7 Å². The summed E-state index contributed by atoms with van der Waals surface area (Å²) in [6.45, 7) is 4.43. The minimum Gasteiger partial charge on any atom is -0.343 e. The molecule has 5 nitrogen and oxygen atoms in total. The zero-order chi connectivity index (χ0) is 18.7. The van der Waals surface area contributed by atoms with Crippen LogP contribution in [0.15, 0.2) is 18.2 Å². The summed E-state index contributed by atoms with van der Waals surface area (Å²) in [5.74, 6) is -0.793. The molecule has 0 atom stereocenters. The summed E-state index contributed by atoms with van der Waals surface area (Å²) in [7, 11) is 0. The molecule has 0 radical (unpaired) electrons. The Morgan fingerprint density at radius 3 is 2.12 bits per heavy atom. The Labute approximate surface area is 158 Å². The third-order valence-corrected chi connectivity index (χ3v) is 5.67. The Balaban J connectivity index is 1.48. The van der Waals surface area contributed by atoms with Crippen LogP contribution in [0.4, 0.5) is 4.39 Å². The number of rotatable bonds is 3. The molecular formula is C19H25ClFN3O2. The molecule has 0 saturated carbocycles. The first-order valence-corrected chi connectivity index (χ1v) is 9.58. The van der Waals surface area contributed by atoms with Crippen molar-refractivity contribution in [1.82, 2.24) is 15.1 Å². The number of amides is 2. The van der Waals surface area contributed by atoms with Crippen LogP contribution < -0.4 is 5.32 Å². The average molecular weight is 382 g/mol. The van der Waals surface area contributed by atoms with Crippen LogP contribution in [0.1, 0.15) is 43.0 Å². The van der Waals surface area contributed by atoms with E-state index in [-0.39, 0.29) is 22.4 Å². The fraction of sp³-hybridized carbons (Fsp3) is 0.579. The lowest BCUT2D eigenvalue weighted by Gasteiger charge is -2.37. The molecule has 1 aromatic rings. The molecular weight excluding hydrogens is 357 g/mol. The predicted octanol–water partition coefficient (Wildman–Crippen LogP) is 2.68. The molecule has 0 spiro atoms. The first kappa shape index (κ1) is 19.1. The van der Waals surface area contributed by atoms with Gasteiger partial charge in [-0.25, -0.2) is 4.39 Å². The number of hydrogen-bond donors (Lipinski definition) is 1. The topological polar surface area (TPSA) is 52.7 Å². The minimum atomic E-state index is -0.642. The SMILES string of the molecule is CC(=O)N1CCC(NC2CCN(C(=O)c3cccc(Cl)c3F)CC2)CC1. The van der Waals surface area contributed by atoms with Gasteiger partial charge in [-0.3, -0.25) is 9.59 Å². The second-order valence-corrected chi connectivity index (χ2v) is 7.52. The van der Waals surface area contributed by atoms with Crippen molar-refractivity contribution in [3.8, 4) is 0 Å². The van der Waals surface area contributed by atoms with E-state index in [1.54, 1.807) is 17.9 Å². The molecule has 0 unspecified atom stereocenters. The lowest BCUT2D eigenvalue weighted by atomic mass is 9.99. The summed E-state index contributed by atoms with van der Waals surface area (Å²) < 4.78 is 14.1. The Bertz CT molecular complexity index is 669. The molecule has 2 aliphatic heterocycles. The first-order chi connectivity index (χ1) is 12.5. The molecule has 2 saturated heterocycles. The van der Waals surface area contributed by atoms with Crippen molar-refractivity contribution in [3.05, 3.63) is 34.6 Å². The largest absolute Gasteiger partial charge is 0.343 e. The number of hydrogen-bond acceptors (Lipinski definition) is 3. The molecule has 142 valence electrons. The number of benzene rings is 1. The Morgan fingerprint density at radius 2 is 1.58 bits per heavy atom.